The molecule has 128 valence electrons. The van der Waals surface area contributed by atoms with Crippen LogP contribution in [0.25, 0.3) is 0 Å². The summed E-state index contributed by atoms with van der Waals surface area (Å²) in [5.41, 5.74) is 0. The lowest BCUT2D eigenvalue weighted by Gasteiger charge is -2.25. The van der Waals surface area contributed by atoms with Gasteiger partial charge in [-0.15, -0.1) is 0 Å². The third-order valence-electron chi connectivity index (χ3n) is 4.58. The third kappa shape index (κ3) is 3.67. The van der Waals surface area contributed by atoms with Crippen LogP contribution in [-0.4, -0.2) is 56.6 Å². The third-order valence-corrected chi connectivity index (χ3v) is 6.46. The molecule has 0 spiro atoms. The lowest BCUT2D eigenvalue weighted by atomic mass is 10.2. The fourth-order valence-electron chi connectivity index (χ4n) is 3.21. The summed E-state index contributed by atoms with van der Waals surface area (Å²) in [6.45, 7) is 5.77. The van der Waals surface area contributed by atoms with Crippen molar-refractivity contribution in [1.82, 2.24) is 9.29 Å². The van der Waals surface area contributed by atoms with Crippen LogP contribution in [0.4, 0.5) is 5.82 Å². The zero-order chi connectivity index (χ0) is 16.3. The molecule has 7 heteroatoms. The van der Waals surface area contributed by atoms with E-state index in [1.807, 2.05) is 0 Å². The maximum atomic E-state index is 12.5. The van der Waals surface area contributed by atoms with Gasteiger partial charge in [-0.1, -0.05) is 0 Å². The fraction of sp³-hybridized carbons (Fsp3) is 0.688. The number of hydrogen-bond donors (Lipinski definition) is 0. The van der Waals surface area contributed by atoms with Gasteiger partial charge in [-0.2, -0.15) is 4.31 Å². The molecule has 0 bridgehead atoms. The molecule has 0 amide bonds. The number of pyridine rings is 1. The maximum Gasteiger partial charge on any atom is 0.244 e. The zero-order valence-electron chi connectivity index (χ0n) is 13.6. The Morgan fingerprint density at radius 2 is 2.09 bits per heavy atom. The predicted molar refractivity (Wildman–Crippen MR) is 89.1 cm³/mol. The van der Waals surface area contributed by atoms with Crippen LogP contribution in [0.5, 0.6) is 0 Å². The molecule has 2 aliphatic rings. The summed E-state index contributed by atoms with van der Waals surface area (Å²) < 4.78 is 32.3. The Morgan fingerprint density at radius 1 is 1.30 bits per heavy atom. The molecule has 0 aliphatic carbocycles. The van der Waals surface area contributed by atoms with Crippen LogP contribution in [0.2, 0.25) is 0 Å². The second-order valence-corrected chi connectivity index (χ2v) is 8.07. The van der Waals surface area contributed by atoms with Crippen LogP contribution >= 0.6 is 0 Å². The minimum atomic E-state index is -3.38. The SMILES string of the molecule is CCN(CC1CCCO1)c1ccc(S(=O)(=O)N2CCCC2)cn1. The second-order valence-electron chi connectivity index (χ2n) is 6.14. The number of nitrogens with zero attached hydrogens (tertiary/aromatic N) is 3. The Hall–Kier alpha value is -1.18. The highest BCUT2D eigenvalue weighted by atomic mass is 32.2. The van der Waals surface area contributed by atoms with Crippen molar-refractivity contribution in [2.24, 2.45) is 0 Å². The lowest BCUT2D eigenvalue weighted by molar-refractivity contribution is 0.115. The molecule has 6 nitrogen and oxygen atoms in total. The molecule has 3 heterocycles. The standard InChI is InChI=1S/C16H25N3O3S/c1-2-18(13-14-6-5-11-22-14)16-8-7-15(12-17-16)23(20,21)19-9-3-4-10-19/h7-8,12,14H,2-6,9-11,13H2,1H3. The Bertz CT molecular complexity index is 606. The molecule has 0 saturated carbocycles. The van der Waals surface area contributed by atoms with Crippen LogP contribution in [-0.2, 0) is 14.8 Å². The van der Waals surface area contributed by atoms with Crippen LogP contribution < -0.4 is 4.90 Å². The van der Waals surface area contributed by atoms with E-state index < -0.39 is 10.0 Å². The van der Waals surface area contributed by atoms with Crippen LogP contribution in [0.3, 0.4) is 0 Å². The highest BCUT2D eigenvalue weighted by molar-refractivity contribution is 7.89. The fourth-order valence-corrected chi connectivity index (χ4v) is 4.67. The van der Waals surface area contributed by atoms with E-state index in [0.29, 0.717) is 13.1 Å². The summed E-state index contributed by atoms with van der Waals surface area (Å²) in [7, 11) is -3.38. The van der Waals surface area contributed by atoms with Crippen LogP contribution in [0.1, 0.15) is 32.6 Å². The smallest absolute Gasteiger partial charge is 0.244 e. The van der Waals surface area contributed by atoms with Crippen molar-refractivity contribution in [2.45, 2.75) is 43.6 Å². The molecule has 1 aromatic rings. The minimum Gasteiger partial charge on any atom is -0.376 e. The number of sulfonamides is 1. The van der Waals surface area contributed by atoms with Gasteiger partial charge in [-0.25, -0.2) is 13.4 Å². The van der Waals surface area contributed by atoms with Crippen molar-refractivity contribution in [3.8, 4) is 0 Å². The van der Waals surface area contributed by atoms with Crippen molar-refractivity contribution in [3.63, 3.8) is 0 Å². The first-order valence-corrected chi connectivity index (χ1v) is 9.88. The van der Waals surface area contributed by atoms with Crippen molar-refractivity contribution in [3.05, 3.63) is 18.3 Å². The lowest BCUT2D eigenvalue weighted by Crippen LogP contribution is -2.33. The topological polar surface area (TPSA) is 62.7 Å². The molecule has 1 unspecified atom stereocenters. The molecule has 2 fully saturated rings. The maximum absolute atomic E-state index is 12.5. The zero-order valence-corrected chi connectivity index (χ0v) is 14.5. The van der Waals surface area contributed by atoms with Gasteiger partial charge in [0, 0.05) is 39.0 Å². The quantitative estimate of drug-likeness (QED) is 0.792. The van der Waals surface area contributed by atoms with Crippen molar-refractivity contribution in [1.29, 1.82) is 0 Å². The summed E-state index contributed by atoms with van der Waals surface area (Å²) in [6.07, 6.45) is 5.82. The molecule has 2 saturated heterocycles. The summed E-state index contributed by atoms with van der Waals surface area (Å²) in [5, 5.41) is 0. The first-order valence-electron chi connectivity index (χ1n) is 8.44. The van der Waals surface area contributed by atoms with Gasteiger partial charge in [0.15, 0.2) is 0 Å². The minimum absolute atomic E-state index is 0.254. The van der Waals surface area contributed by atoms with Crippen LogP contribution in [0.15, 0.2) is 23.2 Å². The van der Waals surface area contributed by atoms with E-state index in [1.165, 1.54) is 6.20 Å². The molecule has 2 aliphatic heterocycles. The van der Waals surface area contributed by atoms with E-state index in [4.69, 9.17) is 4.74 Å². The molecular weight excluding hydrogens is 314 g/mol. The van der Waals surface area contributed by atoms with Crippen molar-refractivity contribution >= 4 is 15.8 Å². The van der Waals surface area contributed by atoms with Gasteiger partial charge in [-0.05, 0) is 44.7 Å². The summed E-state index contributed by atoms with van der Waals surface area (Å²) >= 11 is 0. The van der Waals surface area contributed by atoms with Gasteiger partial charge in [-0.3, -0.25) is 0 Å². The van der Waals surface area contributed by atoms with E-state index in [-0.39, 0.29) is 11.0 Å². The molecule has 1 aromatic heterocycles. The normalized spacial score (nSPS) is 22.6. The summed E-state index contributed by atoms with van der Waals surface area (Å²) in [6, 6.07) is 3.48. The Balaban J connectivity index is 1.72. The number of aromatic nitrogens is 1. The summed E-state index contributed by atoms with van der Waals surface area (Å²) in [5.74, 6) is 0.809. The van der Waals surface area contributed by atoms with Crippen molar-refractivity contribution < 1.29 is 13.2 Å². The van der Waals surface area contributed by atoms with Gasteiger partial charge in [0.2, 0.25) is 10.0 Å². The van der Waals surface area contributed by atoms with E-state index in [0.717, 1.165) is 51.2 Å². The van der Waals surface area contributed by atoms with E-state index in [1.54, 1.807) is 16.4 Å². The van der Waals surface area contributed by atoms with Gasteiger partial charge < -0.3 is 9.64 Å². The molecule has 0 aromatic carbocycles. The number of hydrogen-bond acceptors (Lipinski definition) is 5. The number of rotatable bonds is 6. The first kappa shape index (κ1) is 16.7. The summed E-state index contributed by atoms with van der Waals surface area (Å²) in [4.78, 5) is 6.82. The van der Waals surface area contributed by atoms with E-state index in [2.05, 4.69) is 16.8 Å². The van der Waals surface area contributed by atoms with E-state index >= 15 is 0 Å². The highest BCUT2D eigenvalue weighted by Gasteiger charge is 2.27. The average Bonchev–Trinajstić information content (AvgIpc) is 3.26. The Kier molecular flexibility index (Phi) is 5.18. The van der Waals surface area contributed by atoms with Gasteiger partial charge in [0.05, 0.1) is 6.10 Å². The largest absolute Gasteiger partial charge is 0.376 e. The van der Waals surface area contributed by atoms with Gasteiger partial charge in [0.1, 0.15) is 10.7 Å². The monoisotopic (exact) mass is 339 g/mol. The van der Waals surface area contributed by atoms with E-state index in [9.17, 15) is 8.42 Å². The van der Waals surface area contributed by atoms with Gasteiger partial charge >= 0.3 is 0 Å². The predicted octanol–water partition coefficient (Wildman–Crippen LogP) is 1.87. The Labute approximate surface area is 138 Å². The van der Waals surface area contributed by atoms with Crippen LogP contribution in [0, 0.1) is 0 Å². The molecule has 0 radical (unpaired) electrons. The molecule has 1 atom stereocenters. The number of likely N-dealkylation sites (N-methyl/N-ethyl adjacent to an activating group) is 1. The highest BCUT2D eigenvalue weighted by Crippen LogP contribution is 2.23. The number of anilines is 1. The number of ether oxygens (including phenoxy) is 1. The Morgan fingerprint density at radius 3 is 2.65 bits per heavy atom. The average molecular weight is 339 g/mol. The molecular formula is C16H25N3O3S. The molecule has 0 N–H and O–H groups in total. The van der Waals surface area contributed by atoms with Gasteiger partial charge in [0.25, 0.3) is 0 Å². The van der Waals surface area contributed by atoms with Crippen molar-refractivity contribution in [2.75, 3.05) is 37.7 Å². The second kappa shape index (κ2) is 7.15. The molecule has 3 rings (SSSR count). The first-order chi connectivity index (χ1) is 11.1. The molecule has 23 heavy (non-hydrogen) atoms.